The highest BCUT2D eigenvalue weighted by Gasteiger charge is 2.64. The summed E-state index contributed by atoms with van der Waals surface area (Å²) in [4.78, 5) is 11.3. The third-order valence-corrected chi connectivity index (χ3v) is 10.9. The molecule has 36 heavy (non-hydrogen) atoms. The van der Waals surface area contributed by atoms with Crippen molar-refractivity contribution in [1.82, 2.24) is 0 Å². The van der Waals surface area contributed by atoms with E-state index in [0.717, 1.165) is 56.9 Å². The quantitative estimate of drug-likeness (QED) is 0.283. The molecular weight excluding hydrogens is 448 g/mol. The lowest BCUT2D eigenvalue weighted by Crippen LogP contribution is -2.56. The second kappa shape index (κ2) is 9.44. The normalized spacial score (nSPS) is 41.8. The van der Waals surface area contributed by atoms with Gasteiger partial charge in [-0.25, -0.2) is 0 Å². The van der Waals surface area contributed by atoms with Crippen molar-refractivity contribution < 1.29 is 19.7 Å². The maximum atomic E-state index is 11.4. The standard InChI is InChI=1S/C32H44O4/c1-21(33)36-26-11-7-9-22(18-26)8-5-6-10-23-19-24-20-25(34)12-15-30(24,2)27-13-16-31(3)28(29(23)27)14-17-32(31,4)35/h5-7,9,11,18,20,23,25,27-29,34-35H,8,10,12-17,19H2,1-4H3/t23?,25?,27-,28+,29-,30+,31+,32?/m1/s1. The van der Waals surface area contributed by atoms with E-state index >= 15 is 0 Å². The first kappa shape index (κ1) is 25.7. The summed E-state index contributed by atoms with van der Waals surface area (Å²) in [6.07, 6.45) is 15.7. The van der Waals surface area contributed by atoms with Crippen LogP contribution in [0.3, 0.4) is 0 Å². The van der Waals surface area contributed by atoms with Crippen LogP contribution in [0.4, 0.5) is 0 Å². The van der Waals surface area contributed by atoms with Gasteiger partial charge in [-0.1, -0.05) is 49.8 Å². The number of hydrogen-bond donors (Lipinski definition) is 2. The predicted octanol–water partition coefficient (Wildman–Crippen LogP) is 6.40. The Morgan fingerprint density at radius 2 is 1.86 bits per heavy atom. The number of ether oxygens (including phenoxy) is 1. The molecule has 8 atom stereocenters. The van der Waals surface area contributed by atoms with Crippen LogP contribution in [0.1, 0.15) is 84.6 Å². The van der Waals surface area contributed by atoms with Gasteiger partial charge in [0.05, 0.1) is 11.7 Å². The van der Waals surface area contributed by atoms with Crippen LogP contribution in [0.25, 0.3) is 0 Å². The van der Waals surface area contributed by atoms with Gasteiger partial charge in [-0.3, -0.25) is 4.79 Å². The molecule has 0 bridgehead atoms. The van der Waals surface area contributed by atoms with Crippen LogP contribution >= 0.6 is 0 Å². The number of fused-ring (bicyclic) bond motifs is 5. The molecule has 3 saturated carbocycles. The molecule has 4 aliphatic carbocycles. The number of benzene rings is 1. The van der Waals surface area contributed by atoms with Gasteiger partial charge in [0.15, 0.2) is 0 Å². The Morgan fingerprint density at radius 1 is 1.08 bits per heavy atom. The third-order valence-electron chi connectivity index (χ3n) is 10.9. The zero-order valence-electron chi connectivity index (χ0n) is 22.5. The first-order valence-electron chi connectivity index (χ1n) is 14.1. The van der Waals surface area contributed by atoms with Gasteiger partial charge in [-0.2, -0.15) is 0 Å². The predicted molar refractivity (Wildman–Crippen MR) is 142 cm³/mol. The molecule has 0 aromatic heterocycles. The van der Waals surface area contributed by atoms with Crippen LogP contribution in [-0.4, -0.2) is 27.9 Å². The van der Waals surface area contributed by atoms with Crippen molar-refractivity contribution in [2.24, 2.45) is 34.5 Å². The van der Waals surface area contributed by atoms with E-state index in [1.54, 1.807) is 0 Å². The molecule has 0 aliphatic heterocycles. The second-order valence-electron chi connectivity index (χ2n) is 12.9. The van der Waals surface area contributed by atoms with E-state index < -0.39 is 5.60 Å². The summed E-state index contributed by atoms with van der Waals surface area (Å²) in [5.41, 5.74) is 2.24. The monoisotopic (exact) mass is 492 g/mol. The number of hydrogen-bond acceptors (Lipinski definition) is 4. The van der Waals surface area contributed by atoms with Crippen molar-refractivity contribution in [1.29, 1.82) is 0 Å². The lowest BCUT2D eigenvalue weighted by molar-refractivity contribution is -0.132. The minimum absolute atomic E-state index is 0.000951. The maximum absolute atomic E-state index is 11.4. The van der Waals surface area contributed by atoms with Crippen molar-refractivity contribution in [3.05, 3.63) is 53.6 Å². The molecule has 196 valence electrons. The summed E-state index contributed by atoms with van der Waals surface area (Å²) in [7, 11) is 0. The van der Waals surface area contributed by atoms with Crippen molar-refractivity contribution in [2.45, 2.75) is 97.2 Å². The van der Waals surface area contributed by atoms with Gasteiger partial charge in [0.1, 0.15) is 5.75 Å². The van der Waals surface area contributed by atoms with Crippen LogP contribution in [0, 0.1) is 34.5 Å². The number of rotatable bonds is 5. The van der Waals surface area contributed by atoms with E-state index in [2.05, 4.69) is 45.1 Å². The Hall–Kier alpha value is -1.91. The fraction of sp³-hybridized carbons (Fsp3) is 0.656. The summed E-state index contributed by atoms with van der Waals surface area (Å²) in [6, 6.07) is 7.76. The molecule has 4 nitrogen and oxygen atoms in total. The minimum Gasteiger partial charge on any atom is -0.427 e. The molecule has 0 amide bonds. The second-order valence-corrected chi connectivity index (χ2v) is 12.9. The highest BCUT2D eigenvalue weighted by molar-refractivity contribution is 5.69. The van der Waals surface area contributed by atoms with Crippen molar-refractivity contribution >= 4 is 5.97 Å². The van der Waals surface area contributed by atoms with Gasteiger partial charge in [-0.05, 0) is 117 Å². The zero-order chi connectivity index (χ0) is 25.7. The molecule has 5 rings (SSSR count). The van der Waals surface area contributed by atoms with Gasteiger partial charge in [-0.15, -0.1) is 0 Å². The third kappa shape index (κ3) is 4.39. The van der Waals surface area contributed by atoms with Crippen LogP contribution in [0.2, 0.25) is 0 Å². The van der Waals surface area contributed by atoms with E-state index in [-0.39, 0.29) is 22.9 Å². The minimum atomic E-state index is -0.574. The van der Waals surface area contributed by atoms with Gasteiger partial charge in [0.25, 0.3) is 0 Å². The summed E-state index contributed by atoms with van der Waals surface area (Å²) >= 11 is 0. The molecule has 0 spiro atoms. The summed E-state index contributed by atoms with van der Waals surface area (Å²) in [5, 5.41) is 21.9. The Kier molecular flexibility index (Phi) is 6.74. The molecule has 4 heteroatoms. The van der Waals surface area contributed by atoms with Gasteiger partial charge in [0, 0.05) is 6.92 Å². The van der Waals surface area contributed by atoms with Crippen LogP contribution in [-0.2, 0) is 11.2 Å². The highest BCUT2D eigenvalue weighted by Crippen LogP contribution is 2.69. The number of aliphatic hydroxyl groups is 2. The van der Waals surface area contributed by atoms with E-state index in [1.165, 1.54) is 18.9 Å². The molecule has 0 heterocycles. The largest absolute Gasteiger partial charge is 0.427 e. The summed E-state index contributed by atoms with van der Waals surface area (Å²) in [5.74, 6) is 2.66. The molecule has 0 saturated heterocycles. The average Bonchev–Trinajstić information content (AvgIpc) is 3.06. The molecule has 4 aliphatic rings. The van der Waals surface area contributed by atoms with E-state index in [4.69, 9.17) is 4.74 Å². The fourth-order valence-corrected chi connectivity index (χ4v) is 8.73. The zero-order valence-corrected chi connectivity index (χ0v) is 22.5. The number of carbonyl (C=O) groups is 1. The summed E-state index contributed by atoms with van der Waals surface area (Å²) < 4.78 is 5.24. The van der Waals surface area contributed by atoms with E-state index in [0.29, 0.717) is 29.4 Å². The molecular formula is C32H44O4. The Balaban J connectivity index is 1.37. The smallest absolute Gasteiger partial charge is 0.308 e. The lowest BCUT2D eigenvalue weighted by Gasteiger charge is -2.61. The number of esters is 1. The molecule has 1 aromatic carbocycles. The van der Waals surface area contributed by atoms with Crippen molar-refractivity contribution in [3.8, 4) is 5.75 Å². The topological polar surface area (TPSA) is 66.8 Å². The lowest BCUT2D eigenvalue weighted by atomic mass is 9.44. The molecule has 0 radical (unpaired) electrons. The average molecular weight is 493 g/mol. The van der Waals surface area contributed by atoms with Gasteiger partial charge in [0.2, 0.25) is 0 Å². The number of allylic oxidation sites excluding steroid dienone is 3. The van der Waals surface area contributed by atoms with Crippen LogP contribution in [0.15, 0.2) is 48.1 Å². The first-order valence-corrected chi connectivity index (χ1v) is 14.1. The van der Waals surface area contributed by atoms with Crippen LogP contribution < -0.4 is 4.74 Å². The first-order chi connectivity index (χ1) is 17.0. The fourth-order valence-electron chi connectivity index (χ4n) is 8.73. The Labute approximate surface area is 216 Å². The molecule has 2 N–H and O–H groups in total. The van der Waals surface area contributed by atoms with E-state index in [9.17, 15) is 15.0 Å². The van der Waals surface area contributed by atoms with Crippen LogP contribution in [0.5, 0.6) is 5.75 Å². The number of carbonyl (C=O) groups excluding carboxylic acids is 1. The highest BCUT2D eigenvalue weighted by atomic mass is 16.5. The van der Waals surface area contributed by atoms with Crippen molar-refractivity contribution in [2.75, 3.05) is 0 Å². The Bertz CT molecular complexity index is 1050. The SMILES string of the molecule is CC(=O)Oc1cccc(CC=CCC2CC3=CC(O)CC[C@]3(C)[C@@H]3CC[C@@]4(C)[C@@H](CCC4(C)O)[C@H]23)c1. The van der Waals surface area contributed by atoms with Gasteiger partial charge >= 0.3 is 5.97 Å². The molecule has 3 fully saturated rings. The molecule has 3 unspecified atom stereocenters. The van der Waals surface area contributed by atoms with Crippen molar-refractivity contribution in [3.63, 3.8) is 0 Å². The van der Waals surface area contributed by atoms with E-state index in [1.807, 2.05) is 18.2 Å². The summed E-state index contributed by atoms with van der Waals surface area (Å²) in [6.45, 7) is 8.34. The molecule has 1 aromatic rings. The van der Waals surface area contributed by atoms with Gasteiger partial charge < -0.3 is 14.9 Å². The maximum Gasteiger partial charge on any atom is 0.308 e. The Morgan fingerprint density at radius 3 is 2.64 bits per heavy atom. The number of aliphatic hydroxyl groups excluding tert-OH is 1.